The number of rotatable bonds is 5. The molecular formula is C16H12ClN5S3. The zero-order valence-corrected chi connectivity index (χ0v) is 16.0. The van der Waals surface area contributed by atoms with Crippen LogP contribution in [0.2, 0.25) is 5.02 Å². The van der Waals surface area contributed by atoms with Crippen molar-refractivity contribution in [2.45, 2.75) is 10.9 Å². The summed E-state index contributed by atoms with van der Waals surface area (Å²) < 4.78 is 1.53. The highest BCUT2D eigenvalue weighted by Crippen LogP contribution is 2.32. The van der Waals surface area contributed by atoms with E-state index in [1.54, 1.807) is 22.7 Å². The van der Waals surface area contributed by atoms with Crippen molar-refractivity contribution in [2.75, 3.05) is 5.84 Å². The molecule has 0 aliphatic carbocycles. The number of nitrogen functional groups attached to an aromatic ring is 1. The van der Waals surface area contributed by atoms with Crippen molar-refractivity contribution in [1.29, 1.82) is 0 Å². The third-order valence-electron chi connectivity index (χ3n) is 3.41. The maximum atomic E-state index is 6.24. The van der Waals surface area contributed by atoms with Crippen molar-refractivity contribution in [2.24, 2.45) is 0 Å². The molecule has 0 radical (unpaired) electrons. The van der Waals surface area contributed by atoms with E-state index >= 15 is 0 Å². The van der Waals surface area contributed by atoms with Gasteiger partial charge in [-0.1, -0.05) is 47.6 Å². The molecule has 9 heteroatoms. The first-order chi connectivity index (χ1) is 12.2. The van der Waals surface area contributed by atoms with Crippen molar-refractivity contribution < 1.29 is 0 Å². The van der Waals surface area contributed by atoms with Crippen LogP contribution in [-0.2, 0) is 5.75 Å². The molecule has 4 aromatic rings. The summed E-state index contributed by atoms with van der Waals surface area (Å²) in [5.74, 6) is 7.46. The van der Waals surface area contributed by atoms with Gasteiger partial charge in [-0.2, -0.15) is 0 Å². The van der Waals surface area contributed by atoms with Gasteiger partial charge in [-0.25, -0.2) is 9.66 Å². The number of nitrogens with zero attached hydrogens (tertiary/aromatic N) is 4. The Hall–Kier alpha value is -1.87. The van der Waals surface area contributed by atoms with Crippen molar-refractivity contribution >= 4 is 46.0 Å². The number of hydrogen-bond acceptors (Lipinski definition) is 7. The van der Waals surface area contributed by atoms with Gasteiger partial charge in [0.15, 0.2) is 5.82 Å². The molecule has 0 amide bonds. The van der Waals surface area contributed by atoms with Gasteiger partial charge in [0.1, 0.15) is 5.01 Å². The SMILES string of the molecule is Nn1c(SCc2csc(-c3ccccc3Cl)n2)nnc1-c1cccs1. The molecular weight excluding hydrogens is 394 g/mol. The van der Waals surface area contributed by atoms with Crippen LogP contribution in [0.25, 0.3) is 21.3 Å². The molecule has 0 aliphatic heterocycles. The van der Waals surface area contributed by atoms with Gasteiger partial charge >= 0.3 is 0 Å². The molecule has 4 rings (SSSR count). The van der Waals surface area contributed by atoms with Gasteiger partial charge in [0.2, 0.25) is 5.16 Å². The first-order valence-electron chi connectivity index (χ1n) is 7.29. The van der Waals surface area contributed by atoms with E-state index in [4.69, 9.17) is 17.4 Å². The van der Waals surface area contributed by atoms with Crippen LogP contribution in [0.15, 0.2) is 52.3 Å². The Balaban J connectivity index is 1.49. The van der Waals surface area contributed by atoms with Crippen molar-refractivity contribution in [3.8, 4) is 21.3 Å². The van der Waals surface area contributed by atoms with Crippen LogP contribution in [0, 0.1) is 0 Å². The number of thiophene rings is 1. The first kappa shape index (κ1) is 16.6. The van der Waals surface area contributed by atoms with Crippen molar-refractivity contribution in [1.82, 2.24) is 19.9 Å². The fourth-order valence-electron chi connectivity index (χ4n) is 2.22. The highest BCUT2D eigenvalue weighted by Gasteiger charge is 2.14. The van der Waals surface area contributed by atoms with Crippen molar-refractivity contribution in [3.05, 3.63) is 57.9 Å². The zero-order valence-electron chi connectivity index (χ0n) is 12.8. The number of aromatic nitrogens is 4. The second-order valence-corrected chi connectivity index (χ2v) is 8.22. The molecule has 126 valence electrons. The lowest BCUT2D eigenvalue weighted by atomic mass is 10.2. The summed E-state index contributed by atoms with van der Waals surface area (Å²) >= 11 is 10.9. The summed E-state index contributed by atoms with van der Waals surface area (Å²) in [5.41, 5.74) is 1.91. The van der Waals surface area contributed by atoms with Crippen molar-refractivity contribution in [3.63, 3.8) is 0 Å². The Labute approximate surface area is 161 Å². The van der Waals surface area contributed by atoms with Gasteiger partial charge in [0.05, 0.1) is 15.6 Å². The topological polar surface area (TPSA) is 69.6 Å². The number of nitrogens with two attached hydrogens (primary N) is 1. The summed E-state index contributed by atoms with van der Waals surface area (Å²) in [6, 6.07) is 11.7. The standard InChI is InChI=1S/C16H12ClN5S3/c17-12-5-2-1-4-11(12)15-19-10(8-24-15)9-25-16-21-20-14(22(16)18)13-6-3-7-23-13/h1-8H,9,18H2. The lowest BCUT2D eigenvalue weighted by Gasteiger charge is -2.01. The number of thioether (sulfide) groups is 1. The molecule has 0 atom stereocenters. The van der Waals surface area contributed by atoms with E-state index in [-0.39, 0.29) is 0 Å². The molecule has 0 aliphatic rings. The molecule has 0 saturated heterocycles. The Kier molecular flexibility index (Phi) is 4.76. The predicted molar refractivity (Wildman–Crippen MR) is 106 cm³/mol. The zero-order chi connectivity index (χ0) is 17.2. The quantitative estimate of drug-likeness (QED) is 0.382. The minimum atomic E-state index is 0.663. The highest BCUT2D eigenvalue weighted by molar-refractivity contribution is 7.98. The summed E-state index contributed by atoms with van der Waals surface area (Å²) in [7, 11) is 0. The van der Waals surface area contributed by atoms with Gasteiger partial charge < -0.3 is 5.84 Å². The average molecular weight is 406 g/mol. The number of hydrogen-bond donors (Lipinski definition) is 1. The molecule has 1 aromatic carbocycles. The minimum Gasteiger partial charge on any atom is -0.335 e. The van der Waals surface area contributed by atoms with Gasteiger partial charge in [-0.3, -0.25) is 0 Å². The van der Waals surface area contributed by atoms with E-state index in [0.717, 1.165) is 21.1 Å². The van der Waals surface area contributed by atoms with E-state index in [1.165, 1.54) is 16.4 Å². The molecule has 0 unspecified atom stereocenters. The van der Waals surface area contributed by atoms with Gasteiger partial charge in [-0.05, 0) is 17.5 Å². The van der Waals surface area contributed by atoms with E-state index in [2.05, 4.69) is 15.2 Å². The Bertz CT molecular complexity index is 993. The highest BCUT2D eigenvalue weighted by atomic mass is 35.5. The third-order valence-corrected chi connectivity index (χ3v) is 6.51. The molecule has 0 bridgehead atoms. The van der Waals surface area contributed by atoms with E-state index in [0.29, 0.717) is 21.8 Å². The van der Waals surface area contributed by atoms with E-state index < -0.39 is 0 Å². The number of benzene rings is 1. The maximum Gasteiger partial charge on any atom is 0.210 e. The van der Waals surface area contributed by atoms with Crippen LogP contribution in [0.5, 0.6) is 0 Å². The van der Waals surface area contributed by atoms with Crippen LogP contribution in [0.4, 0.5) is 0 Å². The lowest BCUT2D eigenvalue weighted by molar-refractivity contribution is 0.850. The smallest absolute Gasteiger partial charge is 0.210 e. The molecule has 3 heterocycles. The van der Waals surface area contributed by atoms with Gasteiger partial charge in [0, 0.05) is 16.7 Å². The molecule has 5 nitrogen and oxygen atoms in total. The monoisotopic (exact) mass is 405 g/mol. The molecule has 0 saturated carbocycles. The Morgan fingerprint density at radius 2 is 2.00 bits per heavy atom. The molecule has 0 fully saturated rings. The van der Waals surface area contributed by atoms with Crippen LogP contribution in [0.1, 0.15) is 5.69 Å². The average Bonchev–Trinajstić information content (AvgIpc) is 3.34. The fraction of sp³-hybridized carbons (Fsp3) is 0.0625. The summed E-state index contributed by atoms with van der Waals surface area (Å²) in [6.45, 7) is 0. The van der Waals surface area contributed by atoms with Gasteiger partial charge in [0.25, 0.3) is 0 Å². The maximum absolute atomic E-state index is 6.24. The molecule has 2 N–H and O–H groups in total. The van der Waals surface area contributed by atoms with Crippen LogP contribution < -0.4 is 5.84 Å². The second kappa shape index (κ2) is 7.17. The normalized spacial score (nSPS) is 11.1. The van der Waals surface area contributed by atoms with Crippen LogP contribution >= 0.6 is 46.0 Å². The van der Waals surface area contributed by atoms with E-state index in [1.807, 2.05) is 47.2 Å². The van der Waals surface area contributed by atoms with Gasteiger partial charge in [-0.15, -0.1) is 32.9 Å². The molecule has 0 spiro atoms. The minimum absolute atomic E-state index is 0.663. The second-order valence-electron chi connectivity index (χ2n) is 5.07. The largest absolute Gasteiger partial charge is 0.335 e. The fourth-order valence-corrected chi connectivity index (χ4v) is 4.92. The Morgan fingerprint density at radius 3 is 2.80 bits per heavy atom. The lowest BCUT2D eigenvalue weighted by Crippen LogP contribution is -2.11. The summed E-state index contributed by atoms with van der Waals surface area (Å²) in [5, 5.41) is 14.7. The number of halogens is 1. The van der Waals surface area contributed by atoms with E-state index in [9.17, 15) is 0 Å². The first-order valence-corrected chi connectivity index (χ1v) is 10.4. The summed E-state index contributed by atoms with van der Waals surface area (Å²) in [6.07, 6.45) is 0. The third kappa shape index (κ3) is 3.43. The van der Waals surface area contributed by atoms with Crippen LogP contribution in [-0.4, -0.2) is 19.9 Å². The molecule has 25 heavy (non-hydrogen) atoms. The predicted octanol–water partition coefficient (Wildman–Crippen LogP) is 4.79. The van der Waals surface area contributed by atoms with Crippen LogP contribution in [0.3, 0.4) is 0 Å². The Morgan fingerprint density at radius 1 is 1.12 bits per heavy atom. The number of thiazole rings is 1. The summed E-state index contributed by atoms with van der Waals surface area (Å²) in [4.78, 5) is 5.66. The molecule has 3 aromatic heterocycles.